The van der Waals surface area contributed by atoms with Gasteiger partial charge in [0.15, 0.2) is 0 Å². The van der Waals surface area contributed by atoms with Crippen LogP contribution in [0.1, 0.15) is 36.0 Å². The zero-order valence-electron chi connectivity index (χ0n) is 14.2. The first-order valence-electron chi connectivity index (χ1n) is 8.88. The highest BCUT2D eigenvalue weighted by atomic mass is 16.1. The fraction of sp³-hybridized carbons (Fsp3) is 0.381. The maximum atomic E-state index is 11.6. The molecule has 24 heavy (non-hydrogen) atoms. The number of rotatable bonds is 3. The van der Waals surface area contributed by atoms with Crippen LogP contribution in [0.4, 0.5) is 5.69 Å². The molecule has 1 fully saturated rings. The van der Waals surface area contributed by atoms with Gasteiger partial charge >= 0.3 is 0 Å². The molecule has 2 unspecified atom stereocenters. The smallest absolute Gasteiger partial charge is 0.228 e. The van der Waals surface area contributed by atoms with Crippen molar-refractivity contribution in [3.8, 4) is 0 Å². The number of piperidine rings is 1. The maximum Gasteiger partial charge on any atom is 0.228 e. The van der Waals surface area contributed by atoms with Gasteiger partial charge in [0.1, 0.15) is 0 Å². The van der Waals surface area contributed by atoms with E-state index in [2.05, 4.69) is 65.7 Å². The Morgan fingerprint density at radius 3 is 2.79 bits per heavy atom. The molecule has 1 N–H and O–H groups in total. The van der Waals surface area contributed by atoms with Gasteiger partial charge in [0.05, 0.1) is 6.42 Å². The molecule has 0 aliphatic carbocycles. The second kappa shape index (κ2) is 6.40. The van der Waals surface area contributed by atoms with E-state index < -0.39 is 0 Å². The Kier molecular flexibility index (Phi) is 4.11. The molecule has 0 spiro atoms. The van der Waals surface area contributed by atoms with Crippen LogP contribution < -0.4 is 5.32 Å². The minimum Gasteiger partial charge on any atom is -0.326 e. The molecular formula is C21H24N2O. The van der Waals surface area contributed by atoms with E-state index in [4.69, 9.17) is 0 Å². The molecule has 3 heteroatoms. The van der Waals surface area contributed by atoms with Crippen molar-refractivity contribution in [2.75, 3.05) is 18.4 Å². The summed E-state index contributed by atoms with van der Waals surface area (Å²) in [7, 11) is 0. The summed E-state index contributed by atoms with van der Waals surface area (Å²) in [5, 5.41) is 2.93. The van der Waals surface area contributed by atoms with Gasteiger partial charge in [-0.25, -0.2) is 0 Å². The van der Waals surface area contributed by atoms with Crippen LogP contribution in [0.2, 0.25) is 0 Å². The topological polar surface area (TPSA) is 32.3 Å². The number of hydrogen-bond donors (Lipinski definition) is 1. The minimum absolute atomic E-state index is 0.118. The molecule has 2 aromatic carbocycles. The number of carbonyl (C=O) groups excluding carboxylic acids is 1. The third kappa shape index (κ3) is 3.09. The van der Waals surface area contributed by atoms with Crippen LogP contribution in [0.3, 0.4) is 0 Å². The van der Waals surface area contributed by atoms with E-state index in [1.807, 2.05) is 0 Å². The minimum atomic E-state index is 0.118. The van der Waals surface area contributed by atoms with E-state index in [1.165, 1.54) is 17.5 Å². The third-order valence-corrected chi connectivity index (χ3v) is 5.42. The number of benzene rings is 2. The molecule has 2 aliphatic heterocycles. The Labute approximate surface area is 143 Å². The molecule has 0 bridgehead atoms. The van der Waals surface area contributed by atoms with Crippen molar-refractivity contribution in [3.05, 3.63) is 65.2 Å². The number of likely N-dealkylation sites (tertiary alicyclic amines) is 1. The molecule has 2 aromatic rings. The fourth-order valence-electron chi connectivity index (χ4n) is 4.19. The number of amides is 1. The van der Waals surface area contributed by atoms with E-state index >= 15 is 0 Å². The van der Waals surface area contributed by atoms with Gasteiger partial charge in [0.2, 0.25) is 5.91 Å². The van der Waals surface area contributed by atoms with Crippen LogP contribution in [0.25, 0.3) is 0 Å². The van der Waals surface area contributed by atoms with Crippen molar-refractivity contribution >= 4 is 11.6 Å². The summed E-state index contributed by atoms with van der Waals surface area (Å²) < 4.78 is 0. The number of carbonyl (C=O) groups is 1. The highest BCUT2D eigenvalue weighted by Gasteiger charge is 2.28. The van der Waals surface area contributed by atoms with Crippen molar-refractivity contribution in [3.63, 3.8) is 0 Å². The summed E-state index contributed by atoms with van der Waals surface area (Å²) in [6.45, 7) is 5.67. The molecule has 0 aromatic heterocycles. The average molecular weight is 320 g/mol. The summed E-state index contributed by atoms with van der Waals surface area (Å²) in [6, 6.07) is 17.3. The lowest BCUT2D eigenvalue weighted by Gasteiger charge is -2.37. The third-order valence-electron chi connectivity index (χ3n) is 5.42. The maximum absolute atomic E-state index is 11.6. The fourth-order valence-corrected chi connectivity index (χ4v) is 4.19. The SMILES string of the molecule is CC1CN(Cc2ccccc2)CCC1c1ccc2c(c1)CC(=O)N2. The van der Waals surface area contributed by atoms with Crippen molar-refractivity contribution in [1.82, 2.24) is 4.90 Å². The lowest BCUT2D eigenvalue weighted by Crippen LogP contribution is -2.37. The summed E-state index contributed by atoms with van der Waals surface area (Å²) in [4.78, 5) is 14.1. The molecule has 0 saturated carbocycles. The zero-order valence-corrected chi connectivity index (χ0v) is 14.2. The predicted octanol–water partition coefficient (Wildman–Crippen LogP) is 3.81. The predicted molar refractivity (Wildman–Crippen MR) is 97.0 cm³/mol. The van der Waals surface area contributed by atoms with Crippen molar-refractivity contribution in [2.45, 2.75) is 32.2 Å². The quantitative estimate of drug-likeness (QED) is 0.933. The van der Waals surface area contributed by atoms with E-state index in [1.54, 1.807) is 0 Å². The molecular weight excluding hydrogens is 296 g/mol. The summed E-state index contributed by atoms with van der Waals surface area (Å²) in [6.07, 6.45) is 1.72. The molecule has 1 saturated heterocycles. The van der Waals surface area contributed by atoms with Crippen LogP contribution in [-0.2, 0) is 17.8 Å². The van der Waals surface area contributed by atoms with Crippen LogP contribution in [-0.4, -0.2) is 23.9 Å². The first-order valence-corrected chi connectivity index (χ1v) is 8.88. The first-order chi connectivity index (χ1) is 11.7. The summed E-state index contributed by atoms with van der Waals surface area (Å²) in [5.41, 5.74) is 4.96. The van der Waals surface area contributed by atoms with Crippen molar-refractivity contribution < 1.29 is 4.79 Å². The highest BCUT2D eigenvalue weighted by molar-refractivity contribution is 5.99. The van der Waals surface area contributed by atoms with Gasteiger partial charge in [-0.15, -0.1) is 0 Å². The Bertz CT molecular complexity index is 741. The Balaban J connectivity index is 1.44. The molecule has 2 atom stereocenters. The van der Waals surface area contributed by atoms with Gasteiger partial charge in [-0.1, -0.05) is 49.4 Å². The first kappa shape index (κ1) is 15.4. The standard InChI is InChI=1S/C21H24N2O/c1-15-13-23(14-16-5-3-2-4-6-16)10-9-19(15)17-7-8-20-18(11-17)12-21(24)22-20/h2-8,11,15,19H,9-10,12-14H2,1H3,(H,22,24). The van der Waals surface area contributed by atoms with Crippen molar-refractivity contribution in [1.29, 1.82) is 0 Å². The molecule has 3 nitrogen and oxygen atoms in total. The average Bonchev–Trinajstić information content (AvgIpc) is 2.95. The summed E-state index contributed by atoms with van der Waals surface area (Å²) in [5.74, 6) is 1.34. The zero-order chi connectivity index (χ0) is 16.5. The second-order valence-corrected chi connectivity index (χ2v) is 7.23. The molecule has 4 rings (SSSR count). The van der Waals surface area contributed by atoms with Crippen molar-refractivity contribution in [2.24, 2.45) is 5.92 Å². The van der Waals surface area contributed by atoms with E-state index in [0.29, 0.717) is 18.3 Å². The van der Waals surface area contributed by atoms with Crippen LogP contribution >= 0.6 is 0 Å². The Hall–Kier alpha value is -2.13. The lowest BCUT2D eigenvalue weighted by molar-refractivity contribution is -0.115. The number of hydrogen-bond acceptors (Lipinski definition) is 2. The van der Waals surface area contributed by atoms with Gasteiger partial charge in [0, 0.05) is 18.8 Å². The number of nitrogens with zero attached hydrogens (tertiary/aromatic N) is 1. The van der Waals surface area contributed by atoms with E-state index in [-0.39, 0.29) is 5.91 Å². The van der Waals surface area contributed by atoms with E-state index in [9.17, 15) is 4.79 Å². The summed E-state index contributed by atoms with van der Waals surface area (Å²) >= 11 is 0. The van der Waals surface area contributed by atoms with Crippen LogP contribution in [0, 0.1) is 5.92 Å². The monoisotopic (exact) mass is 320 g/mol. The van der Waals surface area contributed by atoms with Gasteiger partial charge in [-0.3, -0.25) is 9.69 Å². The normalized spacial score (nSPS) is 23.8. The molecule has 124 valence electrons. The van der Waals surface area contributed by atoms with Gasteiger partial charge < -0.3 is 5.32 Å². The Morgan fingerprint density at radius 1 is 1.17 bits per heavy atom. The van der Waals surface area contributed by atoms with Crippen LogP contribution in [0.5, 0.6) is 0 Å². The van der Waals surface area contributed by atoms with E-state index in [0.717, 1.165) is 30.9 Å². The van der Waals surface area contributed by atoms with Crippen LogP contribution in [0.15, 0.2) is 48.5 Å². The number of fused-ring (bicyclic) bond motifs is 1. The molecule has 2 heterocycles. The lowest BCUT2D eigenvalue weighted by atomic mass is 9.81. The highest BCUT2D eigenvalue weighted by Crippen LogP contribution is 2.36. The van der Waals surface area contributed by atoms with Gasteiger partial charge in [-0.2, -0.15) is 0 Å². The number of nitrogens with one attached hydrogen (secondary N) is 1. The van der Waals surface area contributed by atoms with Gasteiger partial charge in [0.25, 0.3) is 0 Å². The molecule has 0 radical (unpaired) electrons. The largest absolute Gasteiger partial charge is 0.326 e. The molecule has 2 aliphatic rings. The Morgan fingerprint density at radius 2 is 2.00 bits per heavy atom. The second-order valence-electron chi connectivity index (χ2n) is 7.23. The molecule has 1 amide bonds. The van der Waals surface area contributed by atoms with Gasteiger partial charge in [-0.05, 0) is 47.6 Å². The number of anilines is 1.